The van der Waals surface area contributed by atoms with Crippen LogP contribution in [-0.2, 0) is 0 Å². The molecule has 0 saturated carbocycles. The van der Waals surface area contributed by atoms with Crippen LogP contribution in [0.5, 0.6) is 0 Å². The normalized spacial score (nSPS) is 12.2. The molecule has 0 unspecified atom stereocenters. The molecule has 1 aromatic carbocycles. The molecule has 1 aromatic heterocycles. The standard InChI is InChI=1S/C18H24N2O2/c1-17(2,3)12-18(4,5)19-16(21)14-11-15(22-20-14)13-9-7-6-8-10-13/h6-11H,12H2,1-5H3,(H,19,21). The molecule has 0 fully saturated rings. The number of aromatic nitrogens is 1. The fourth-order valence-electron chi connectivity index (χ4n) is 2.86. The number of carbonyl (C=O) groups excluding carboxylic acids is 1. The number of rotatable bonds is 4. The molecule has 0 spiro atoms. The van der Waals surface area contributed by atoms with Gasteiger partial charge in [-0.15, -0.1) is 0 Å². The van der Waals surface area contributed by atoms with Crippen molar-refractivity contribution < 1.29 is 9.32 Å². The van der Waals surface area contributed by atoms with Crippen molar-refractivity contribution in [2.24, 2.45) is 5.41 Å². The van der Waals surface area contributed by atoms with E-state index in [0.29, 0.717) is 11.5 Å². The van der Waals surface area contributed by atoms with E-state index in [0.717, 1.165) is 12.0 Å². The number of nitrogens with one attached hydrogen (secondary N) is 1. The molecular weight excluding hydrogens is 276 g/mol. The summed E-state index contributed by atoms with van der Waals surface area (Å²) in [5.41, 5.74) is 1.04. The Bertz CT molecular complexity index is 637. The highest BCUT2D eigenvalue weighted by atomic mass is 16.5. The maximum Gasteiger partial charge on any atom is 0.273 e. The zero-order valence-corrected chi connectivity index (χ0v) is 13.9. The quantitative estimate of drug-likeness (QED) is 0.916. The van der Waals surface area contributed by atoms with Gasteiger partial charge in [0, 0.05) is 17.2 Å². The first kappa shape index (κ1) is 16.3. The van der Waals surface area contributed by atoms with Crippen LogP contribution in [0.2, 0.25) is 0 Å². The summed E-state index contributed by atoms with van der Waals surface area (Å²) in [6, 6.07) is 11.3. The summed E-state index contributed by atoms with van der Waals surface area (Å²) in [6.07, 6.45) is 0.870. The first-order valence-electron chi connectivity index (χ1n) is 7.51. The summed E-state index contributed by atoms with van der Waals surface area (Å²) in [7, 11) is 0. The second-order valence-corrected chi connectivity index (χ2v) is 7.52. The third-order valence-corrected chi connectivity index (χ3v) is 3.23. The highest BCUT2D eigenvalue weighted by Crippen LogP contribution is 2.27. The van der Waals surface area contributed by atoms with Gasteiger partial charge in [0.1, 0.15) is 0 Å². The van der Waals surface area contributed by atoms with Gasteiger partial charge in [-0.25, -0.2) is 0 Å². The lowest BCUT2D eigenvalue weighted by Crippen LogP contribution is -2.45. The van der Waals surface area contributed by atoms with Crippen molar-refractivity contribution in [2.45, 2.75) is 46.6 Å². The van der Waals surface area contributed by atoms with Gasteiger partial charge >= 0.3 is 0 Å². The molecule has 0 bridgehead atoms. The Morgan fingerprint density at radius 1 is 1.14 bits per heavy atom. The predicted octanol–water partition coefficient (Wildman–Crippen LogP) is 4.29. The molecule has 0 aliphatic heterocycles. The lowest BCUT2D eigenvalue weighted by Gasteiger charge is -2.33. The summed E-state index contributed by atoms with van der Waals surface area (Å²) in [5.74, 6) is 0.388. The van der Waals surface area contributed by atoms with Crippen molar-refractivity contribution in [1.82, 2.24) is 10.5 Å². The van der Waals surface area contributed by atoms with E-state index in [1.54, 1.807) is 6.07 Å². The van der Waals surface area contributed by atoms with Gasteiger partial charge in [0.2, 0.25) is 0 Å². The molecule has 2 rings (SSSR count). The summed E-state index contributed by atoms with van der Waals surface area (Å²) in [5, 5.41) is 6.92. The van der Waals surface area contributed by atoms with Crippen LogP contribution in [0, 0.1) is 5.41 Å². The number of hydrogen-bond donors (Lipinski definition) is 1. The summed E-state index contributed by atoms with van der Waals surface area (Å²) < 4.78 is 5.28. The monoisotopic (exact) mass is 300 g/mol. The zero-order chi connectivity index (χ0) is 16.4. The van der Waals surface area contributed by atoms with Gasteiger partial charge in [0.05, 0.1) is 0 Å². The Kier molecular flexibility index (Phi) is 4.40. The Morgan fingerprint density at radius 2 is 1.77 bits per heavy atom. The van der Waals surface area contributed by atoms with E-state index >= 15 is 0 Å². The molecule has 0 atom stereocenters. The van der Waals surface area contributed by atoms with Crippen molar-refractivity contribution in [1.29, 1.82) is 0 Å². The molecule has 0 radical (unpaired) electrons. The number of carbonyl (C=O) groups is 1. The van der Waals surface area contributed by atoms with Gasteiger partial charge in [0.15, 0.2) is 11.5 Å². The molecule has 1 N–H and O–H groups in total. The van der Waals surface area contributed by atoms with Gasteiger partial charge in [-0.05, 0) is 25.7 Å². The van der Waals surface area contributed by atoms with Crippen LogP contribution < -0.4 is 5.32 Å². The van der Waals surface area contributed by atoms with Crippen LogP contribution in [0.3, 0.4) is 0 Å². The molecule has 118 valence electrons. The van der Waals surface area contributed by atoms with Crippen molar-refractivity contribution in [2.75, 3.05) is 0 Å². The van der Waals surface area contributed by atoms with E-state index in [1.165, 1.54) is 0 Å². The lowest BCUT2D eigenvalue weighted by atomic mass is 9.82. The van der Waals surface area contributed by atoms with Crippen LogP contribution in [-0.4, -0.2) is 16.6 Å². The largest absolute Gasteiger partial charge is 0.355 e. The number of nitrogens with zero attached hydrogens (tertiary/aromatic N) is 1. The third-order valence-electron chi connectivity index (χ3n) is 3.23. The van der Waals surface area contributed by atoms with E-state index in [2.05, 4.69) is 31.2 Å². The van der Waals surface area contributed by atoms with Crippen LogP contribution in [0.4, 0.5) is 0 Å². The first-order valence-corrected chi connectivity index (χ1v) is 7.51. The van der Waals surface area contributed by atoms with E-state index in [4.69, 9.17) is 4.52 Å². The van der Waals surface area contributed by atoms with Crippen LogP contribution >= 0.6 is 0 Å². The summed E-state index contributed by atoms with van der Waals surface area (Å²) in [6.45, 7) is 10.5. The van der Waals surface area contributed by atoms with Crippen molar-refractivity contribution in [3.8, 4) is 11.3 Å². The molecule has 2 aromatic rings. The maximum atomic E-state index is 12.4. The van der Waals surface area contributed by atoms with Gasteiger partial charge in [-0.1, -0.05) is 56.3 Å². The number of amides is 1. The molecule has 0 saturated heterocycles. The smallest absolute Gasteiger partial charge is 0.273 e. The van der Waals surface area contributed by atoms with Gasteiger partial charge in [-0.3, -0.25) is 4.79 Å². The van der Waals surface area contributed by atoms with Crippen LogP contribution in [0.1, 0.15) is 51.5 Å². The highest BCUT2D eigenvalue weighted by Gasteiger charge is 2.28. The molecule has 0 aliphatic rings. The van der Waals surface area contributed by atoms with E-state index in [1.807, 2.05) is 44.2 Å². The molecule has 22 heavy (non-hydrogen) atoms. The van der Waals surface area contributed by atoms with Crippen LogP contribution in [0.15, 0.2) is 40.9 Å². The van der Waals surface area contributed by atoms with Gasteiger partial charge in [0.25, 0.3) is 5.91 Å². The molecule has 1 amide bonds. The van der Waals surface area contributed by atoms with Gasteiger partial charge in [-0.2, -0.15) is 0 Å². The Labute approximate surface area is 131 Å². The minimum atomic E-state index is -0.304. The zero-order valence-electron chi connectivity index (χ0n) is 13.9. The SMILES string of the molecule is CC(C)(C)CC(C)(C)NC(=O)c1cc(-c2ccccc2)on1. The van der Waals surface area contributed by atoms with E-state index < -0.39 is 0 Å². The van der Waals surface area contributed by atoms with E-state index in [9.17, 15) is 4.79 Å². The van der Waals surface area contributed by atoms with E-state index in [-0.39, 0.29) is 16.9 Å². The molecule has 4 heteroatoms. The maximum absolute atomic E-state index is 12.4. The summed E-state index contributed by atoms with van der Waals surface area (Å²) in [4.78, 5) is 12.4. The molecular formula is C18H24N2O2. The van der Waals surface area contributed by atoms with Crippen molar-refractivity contribution in [3.63, 3.8) is 0 Å². The predicted molar refractivity (Wildman–Crippen MR) is 87.6 cm³/mol. The topological polar surface area (TPSA) is 55.1 Å². The third kappa shape index (κ3) is 4.45. The fourth-order valence-corrected chi connectivity index (χ4v) is 2.86. The molecule has 0 aliphatic carbocycles. The van der Waals surface area contributed by atoms with Crippen LogP contribution in [0.25, 0.3) is 11.3 Å². The van der Waals surface area contributed by atoms with Gasteiger partial charge < -0.3 is 9.84 Å². The first-order chi connectivity index (χ1) is 10.2. The fraction of sp³-hybridized carbons (Fsp3) is 0.444. The number of hydrogen-bond acceptors (Lipinski definition) is 3. The second kappa shape index (κ2) is 5.95. The highest BCUT2D eigenvalue weighted by molar-refractivity contribution is 5.93. The average Bonchev–Trinajstić information content (AvgIpc) is 2.85. The van der Waals surface area contributed by atoms with Crippen molar-refractivity contribution in [3.05, 3.63) is 42.1 Å². The second-order valence-electron chi connectivity index (χ2n) is 7.52. The number of benzene rings is 1. The van der Waals surface area contributed by atoms with Crippen molar-refractivity contribution >= 4 is 5.91 Å². The Morgan fingerprint density at radius 3 is 2.36 bits per heavy atom. The molecule has 4 nitrogen and oxygen atoms in total. The Hall–Kier alpha value is -2.10. The minimum Gasteiger partial charge on any atom is -0.355 e. The lowest BCUT2D eigenvalue weighted by molar-refractivity contribution is 0.0882. The molecule has 1 heterocycles. The average molecular weight is 300 g/mol. The minimum absolute atomic E-state index is 0.135. The summed E-state index contributed by atoms with van der Waals surface area (Å²) >= 11 is 0. The Balaban J connectivity index is 2.10.